The predicted molar refractivity (Wildman–Crippen MR) is 80.7 cm³/mol. The maximum Gasteiger partial charge on any atom is 0.228 e. The van der Waals surface area contributed by atoms with Crippen LogP contribution >= 0.6 is 11.6 Å². The highest BCUT2D eigenvalue weighted by Crippen LogP contribution is 2.47. The summed E-state index contributed by atoms with van der Waals surface area (Å²) in [5.41, 5.74) is 1.80. The average molecular weight is 306 g/mol. The van der Waals surface area contributed by atoms with Gasteiger partial charge in [0, 0.05) is 24.8 Å². The molecule has 1 heterocycles. The van der Waals surface area contributed by atoms with E-state index in [0.717, 1.165) is 12.0 Å². The van der Waals surface area contributed by atoms with Crippen LogP contribution in [0.15, 0.2) is 30.6 Å². The zero-order valence-electron chi connectivity index (χ0n) is 11.8. The Morgan fingerprint density at radius 1 is 1.52 bits per heavy atom. The summed E-state index contributed by atoms with van der Waals surface area (Å²) in [6.45, 7) is 0. The first kappa shape index (κ1) is 13.9. The highest BCUT2D eigenvalue weighted by Gasteiger charge is 2.44. The molecule has 0 saturated heterocycles. The van der Waals surface area contributed by atoms with Gasteiger partial charge in [0.05, 0.1) is 18.3 Å². The van der Waals surface area contributed by atoms with E-state index in [1.165, 1.54) is 0 Å². The number of benzene rings is 1. The van der Waals surface area contributed by atoms with E-state index >= 15 is 0 Å². The Morgan fingerprint density at radius 2 is 2.33 bits per heavy atom. The smallest absolute Gasteiger partial charge is 0.228 e. The molecule has 0 radical (unpaired) electrons. The first-order valence-corrected chi connectivity index (χ1v) is 7.09. The first-order valence-electron chi connectivity index (χ1n) is 6.71. The van der Waals surface area contributed by atoms with Crippen molar-refractivity contribution in [2.45, 2.75) is 12.3 Å². The Bertz CT molecular complexity index is 683. The van der Waals surface area contributed by atoms with Gasteiger partial charge in [-0.1, -0.05) is 11.6 Å². The zero-order valence-corrected chi connectivity index (χ0v) is 12.6. The number of ether oxygens (including phenoxy) is 1. The molecule has 1 N–H and O–H groups in total. The number of anilines is 1. The van der Waals surface area contributed by atoms with E-state index in [9.17, 15) is 4.79 Å². The van der Waals surface area contributed by atoms with Gasteiger partial charge in [-0.3, -0.25) is 9.48 Å². The Morgan fingerprint density at radius 3 is 2.95 bits per heavy atom. The number of aryl methyl sites for hydroxylation is 1. The van der Waals surface area contributed by atoms with Crippen molar-refractivity contribution < 1.29 is 9.53 Å². The van der Waals surface area contributed by atoms with Gasteiger partial charge in [-0.15, -0.1) is 0 Å². The lowest BCUT2D eigenvalue weighted by molar-refractivity contribution is -0.117. The molecule has 2 atom stereocenters. The second kappa shape index (κ2) is 5.41. The van der Waals surface area contributed by atoms with Crippen LogP contribution < -0.4 is 10.1 Å². The van der Waals surface area contributed by atoms with Crippen LogP contribution in [-0.4, -0.2) is 22.8 Å². The predicted octanol–water partition coefficient (Wildman–Crippen LogP) is 2.82. The number of aromatic nitrogens is 2. The van der Waals surface area contributed by atoms with E-state index in [4.69, 9.17) is 16.3 Å². The highest BCUT2D eigenvalue weighted by molar-refractivity contribution is 6.32. The summed E-state index contributed by atoms with van der Waals surface area (Å²) in [7, 11) is 3.43. The molecule has 0 unspecified atom stereocenters. The van der Waals surface area contributed by atoms with Crippen molar-refractivity contribution >= 4 is 23.2 Å². The van der Waals surface area contributed by atoms with E-state index in [2.05, 4.69) is 10.4 Å². The van der Waals surface area contributed by atoms with E-state index in [1.54, 1.807) is 30.0 Å². The summed E-state index contributed by atoms with van der Waals surface area (Å²) in [5.74, 6) is 0.891. The number of nitrogens with zero attached hydrogens (tertiary/aromatic N) is 2. The van der Waals surface area contributed by atoms with Crippen LogP contribution in [0.25, 0.3) is 0 Å². The lowest BCUT2D eigenvalue weighted by Gasteiger charge is -2.07. The molecule has 1 aliphatic rings. The van der Waals surface area contributed by atoms with Gasteiger partial charge in [-0.05, 0) is 36.1 Å². The second-order valence-electron chi connectivity index (χ2n) is 5.23. The molecule has 0 aliphatic heterocycles. The number of amides is 1. The van der Waals surface area contributed by atoms with Gasteiger partial charge in [0.15, 0.2) is 0 Å². The molecule has 3 rings (SSSR count). The standard InChI is InChI=1S/C15H16ClN3O2/c1-19-8-9(7-17-19)11-6-12(11)15(20)18-10-3-4-14(21-2)13(16)5-10/h3-5,7-8,11-12H,6H2,1-2H3,(H,18,20)/t11-,12-/m1/s1. The number of carbonyl (C=O) groups excluding carboxylic acids is 1. The second-order valence-corrected chi connectivity index (χ2v) is 5.64. The number of hydrogen-bond acceptors (Lipinski definition) is 3. The number of halogens is 1. The van der Waals surface area contributed by atoms with Crippen LogP contribution in [0, 0.1) is 5.92 Å². The summed E-state index contributed by atoms with van der Waals surface area (Å²) >= 11 is 6.05. The Kier molecular flexibility index (Phi) is 3.59. The van der Waals surface area contributed by atoms with Crippen LogP contribution in [0.2, 0.25) is 5.02 Å². The lowest BCUT2D eigenvalue weighted by Crippen LogP contribution is -2.14. The third-order valence-corrected chi connectivity index (χ3v) is 3.99. The highest BCUT2D eigenvalue weighted by atomic mass is 35.5. The summed E-state index contributed by atoms with van der Waals surface area (Å²) in [5, 5.41) is 7.52. The normalized spacial score (nSPS) is 20.1. The number of rotatable bonds is 4. The van der Waals surface area contributed by atoms with Gasteiger partial charge >= 0.3 is 0 Å². The van der Waals surface area contributed by atoms with Crippen LogP contribution in [0.5, 0.6) is 5.75 Å². The number of hydrogen-bond donors (Lipinski definition) is 1. The van der Waals surface area contributed by atoms with Crippen molar-refractivity contribution in [1.82, 2.24) is 9.78 Å². The third-order valence-electron chi connectivity index (χ3n) is 3.70. The molecule has 1 amide bonds. The van der Waals surface area contributed by atoms with Crippen molar-refractivity contribution in [3.05, 3.63) is 41.2 Å². The van der Waals surface area contributed by atoms with E-state index in [-0.39, 0.29) is 17.7 Å². The molecule has 21 heavy (non-hydrogen) atoms. The molecule has 1 aromatic heterocycles. The van der Waals surface area contributed by atoms with Gasteiger partial charge in [-0.2, -0.15) is 5.10 Å². The minimum absolute atomic E-state index is 0.00933. The molecular weight excluding hydrogens is 290 g/mol. The number of methoxy groups -OCH3 is 1. The molecule has 0 bridgehead atoms. The lowest BCUT2D eigenvalue weighted by atomic mass is 10.2. The van der Waals surface area contributed by atoms with E-state index in [0.29, 0.717) is 16.5 Å². The fourth-order valence-corrected chi connectivity index (χ4v) is 2.72. The van der Waals surface area contributed by atoms with Crippen LogP contribution in [-0.2, 0) is 11.8 Å². The molecule has 1 aliphatic carbocycles. The fraction of sp³-hybridized carbons (Fsp3) is 0.333. The quantitative estimate of drug-likeness (QED) is 0.945. The van der Waals surface area contributed by atoms with E-state index < -0.39 is 0 Å². The van der Waals surface area contributed by atoms with Gasteiger partial charge in [0.25, 0.3) is 0 Å². The molecule has 1 fully saturated rings. The van der Waals surface area contributed by atoms with Crippen LogP contribution in [0.4, 0.5) is 5.69 Å². The first-order chi connectivity index (χ1) is 10.1. The monoisotopic (exact) mass is 305 g/mol. The fourth-order valence-electron chi connectivity index (χ4n) is 2.46. The molecular formula is C15H16ClN3O2. The summed E-state index contributed by atoms with van der Waals surface area (Å²) in [6, 6.07) is 5.22. The van der Waals surface area contributed by atoms with Crippen molar-refractivity contribution in [2.75, 3.05) is 12.4 Å². The molecule has 1 saturated carbocycles. The van der Waals surface area contributed by atoms with Gasteiger partial charge < -0.3 is 10.1 Å². The number of nitrogens with one attached hydrogen (secondary N) is 1. The Labute approximate surface area is 127 Å². The summed E-state index contributed by atoms with van der Waals surface area (Å²) in [6.07, 6.45) is 4.64. The Hall–Kier alpha value is -2.01. The third kappa shape index (κ3) is 2.88. The van der Waals surface area contributed by atoms with Crippen LogP contribution in [0.1, 0.15) is 17.9 Å². The van der Waals surface area contributed by atoms with Crippen molar-refractivity contribution in [1.29, 1.82) is 0 Å². The Balaban J connectivity index is 1.64. The van der Waals surface area contributed by atoms with Crippen LogP contribution in [0.3, 0.4) is 0 Å². The summed E-state index contributed by atoms with van der Waals surface area (Å²) < 4.78 is 6.84. The maximum absolute atomic E-state index is 12.2. The molecule has 6 heteroatoms. The molecule has 110 valence electrons. The van der Waals surface area contributed by atoms with Gasteiger partial charge in [0.1, 0.15) is 5.75 Å². The maximum atomic E-state index is 12.2. The minimum atomic E-state index is 0.00933. The minimum Gasteiger partial charge on any atom is -0.495 e. The molecule has 1 aromatic carbocycles. The number of carbonyl (C=O) groups is 1. The van der Waals surface area contributed by atoms with Gasteiger partial charge in [0.2, 0.25) is 5.91 Å². The molecule has 5 nitrogen and oxygen atoms in total. The summed E-state index contributed by atoms with van der Waals surface area (Å²) in [4.78, 5) is 12.2. The zero-order chi connectivity index (χ0) is 15.0. The molecule has 2 aromatic rings. The van der Waals surface area contributed by atoms with Crippen molar-refractivity contribution in [3.63, 3.8) is 0 Å². The van der Waals surface area contributed by atoms with Crippen molar-refractivity contribution in [2.24, 2.45) is 13.0 Å². The average Bonchev–Trinajstić information content (AvgIpc) is 3.14. The van der Waals surface area contributed by atoms with Crippen molar-refractivity contribution in [3.8, 4) is 5.75 Å². The van der Waals surface area contributed by atoms with Gasteiger partial charge in [-0.25, -0.2) is 0 Å². The largest absolute Gasteiger partial charge is 0.495 e. The van der Waals surface area contributed by atoms with E-state index in [1.807, 2.05) is 19.4 Å². The SMILES string of the molecule is COc1ccc(NC(=O)[C@@H]2C[C@@H]2c2cnn(C)c2)cc1Cl. The molecule has 0 spiro atoms. The topological polar surface area (TPSA) is 56.1 Å².